The summed E-state index contributed by atoms with van der Waals surface area (Å²) in [7, 11) is 0. The number of benzene rings is 1. The first-order valence-corrected chi connectivity index (χ1v) is 6.56. The predicted molar refractivity (Wildman–Crippen MR) is 72.1 cm³/mol. The van der Waals surface area contributed by atoms with E-state index in [0.717, 1.165) is 12.1 Å². The molecule has 1 heterocycles. The smallest absolute Gasteiger partial charge is 0.310 e. The Hall–Kier alpha value is -0.770. The van der Waals surface area contributed by atoms with Crippen molar-refractivity contribution >= 4 is 29.2 Å². The van der Waals surface area contributed by atoms with Crippen LogP contribution in [0, 0.1) is 5.41 Å². The van der Waals surface area contributed by atoms with Gasteiger partial charge in [0, 0.05) is 23.1 Å². The average Bonchev–Trinajstić information content (AvgIpc) is 2.66. The largest absolute Gasteiger partial charge is 0.481 e. The highest BCUT2D eigenvalue weighted by Crippen LogP contribution is 2.32. The SMILES string of the molecule is CC1(C(=O)O)CCN(Cc2ccc(Cl)cc2Cl)C1. The fourth-order valence-electron chi connectivity index (χ4n) is 2.26. The third kappa shape index (κ3) is 2.79. The first-order valence-electron chi connectivity index (χ1n) is 5.80. The maximum Gasteiger partial charge on any atom is 0.310 e. The number of carboxylic acid groups (broad SMARTS) is 1. The molecule has 5 heteroatoms. The van der Waals surface area contributed by atoms with Crippen molar-refractivity contribution < 1.29 is 9.90 Å². The number of likely N-dealkylation sites (tertiary alicyclic amines) is 1. The molecule has 1 N–H and O–H groups in total. The number of halogens is 2. The molecule has 0 spiro atoms. The summed E-state index contributed by atoms with van der Waals surface area (Å²) >= 11 is 12.0. The molecule has 1 unspecified atom stereocenters. The average molecular weight is 288 g/mol. The first-order chi connectivity index (χ1) is 8.40. The molecule has 1 atom stereocenters. The van der Waals surface area contributed by atoms with E-state index in [1.807, 2.05) is 6.07 Å². The molecule has 0 aromatic heterocycles. The molecule has 3 nitrogen and oxygen atoms in total. The van der Waals surface area contributed by atoms with Gasteiger partial charge in [-0.3, -0.25) is 9.69 Å². The van der Waals surface area contributed by atoms with Gasteiger partial charge < -0.3 is 5.11 Å². The number of rotatable bonds is 3. The molecule has 0 aliphatic carbocycles. The lowest BCUT2D eigenvalue weighted by atomic mass is 9.90. The third-order valence-corrected chi connectivity index (χ3v) is 4.06. The van der Waals surface area contributed by atoms with E-state index in [1.54, 1.807) is 19.1 Å². The van der Waals surface area contributed by atoms with Gasteiger partial charge in [-0.05, 0) is 37.6 Å². The van der Waals surface area contributed by atoms with E-state index in [9.17, 15) is 9.90 Å². The summed E-state index contributed by atoms with van der Waals surface area (Å²) in [5.74, 6) is -0.729. The maximum absolute atomic E-state index is 11.2. The minimum Gasteiger partial charge on any atom is -0.481 e. The van der Waals surface area contributed by atoms with Crippen molar-refractivity contribution in [2.24, 2.45) is 5.41 Å². The standard InChI is InChI=1S/C13H15Cl2NO2/c1-13(12(17)18)4-5-16(8-13)7-9-2-3-10(14)6-11(9)15/h2-3,6H,4-5,7-8H2,1H3,(H,17,18). The highest BCUT2D eigenvalue weighted by molar-refractivity contribution is 6.35. The Kier molecular flexibility index (Phi) is 3.85. The molecule has 1 aliphatic heterocycles. The molecular formula is C13H15Cl2NO2. The van der Waals surface area contributed by atoms with Crippen LogP contribution in [-0.4, -0.2) is 29.1 Å². The van der Waals surface area contributed by atoms with Crippen molar-refractivity contribution in [3.8, 4) is 0 Å². The summed E-state index contributed by atoms with van der Waals surface area (Å²) in [6.07, 6.45) is 0.674. The lowest BCUT2D eigenvalue weighted by Gasteiger charge is -2.20. The molecule has 1 fully saturated rings. The Bertz CT molecular complexity index is 478. The molecular weight excluding hydrogens is 273 g/mol. The summed E-state index contributed by atoms with van der Waals surface area (Å²) in [5.41, 5.74) is 0.342. The molecule has 0 saturated carbocycles. The van der Waals surface area contributed by atoms with Crippen LogP contribution in [0.2, 0.25) is 10.0 Å². The van der Waals surface area contributed by atoms with Crippen LogP contribution in [0.5, 0.6) is 0 Å². The Balaban J connectivity index is 2.06. The molecule has 0 amide bonds. The maximum atomic E-state index is 11.2. The Morgan fingerprint density at radius 1 is 1.50 bits per heavy atom. The Labute approximate surface area is 116 Å². The lowest BCUT2D eigenvalue weighted by Crippen LogP contribution is -2.31. The van der Waals surface area contributed by atoms with E-state index < -0.39 is 11.4 Å². The van der Waals surface area contributed by atoms with Gasteiger partial charge in [-0.1, -0.05) is 29.3 Å². The number of aliphatic carboxylic acids is 1. The quantitative estimate of drug-likeness (QED) is 0.927. The zero-order chi connectivity index (χ0) is 13.3. The summed E-state index contributed by atoms with van der Waals surface area (Å²) in [6.45, 7) is 3.79. The molecule has 1 aliphatic rings. The van der Waals surface area contributed by atoms with Crippen LogP contribution in [-0.2, 0) is 11.3 Å². The topological polar surface area (TPSA) is 40.5 Å². The summed E-state index contributed by atoms with van der Waals surface area (Å²) in [6, 6.07) is 5.40. The molecule has 18 heavy (non-hydrogen) atoms. The molecule has 1 aromatic carbocycles. The summed E-state index contributed by atoms with van der Waals surface area (Å²) < 4.78 is 0. The van der Waals surface area contributed by atoms with Gasteiger partial charge in [0.15, 0.2) is 0 Å². The fraction of sp³-hybridized carbons (Fsp3) is 0.462. The van der Waals surface area contributed by atoms with E-state index in [4.69, 9.17) is 23.2 Å². The highest BCUT2D eigenvalue weighted by atomic mass is 35.5. The van der Waals surface area contributed by atoms with Crippen molar-refractivity contribution in [3.63, 3.8) is 0 Å². The Morgan fingerprint density at radius 2 is 2.22 bits per heavy atom. The van der Waals surface area contributed by atoms with Gasteiger partial charge in [-0.2, -0.15) is 0 Å². The minimum absolute atomic E-state index is 0.557. The predicted octanol–water partition coefficient (Wildman–Crippen LogP) is 3.29. The van der Waals surface area contributed by atoms with Gasteiger partial charge in [0.05, 0.1) is 5.41 Å². The number of nitrogens with zero attached hydrogens (tertiary/aromatic N) is 1. The van der Waals surface area contributed by atoms with Gasteiger partial charge in [0.1, 0.15) is 0 Å². The van der Waals surface area contributed by atoms with Crippen LogP contribution in [0.15, 0.2) is 18.2 Å². The third-order valence-electron chi connectivity index (χ3n) is 3.48. The van der Waals surface area contributed by atoms with E-state index >= 15 is 0 Å². The zero-order valence-corrected chi connectivity index (χ0v) is 11.6. The fourth-order valence-corrected chi connectivity index (χ4v) is 2.73. The molecule has 98 valence electrons. The van der Waals surface area contributed by atoms with Crippen molar-refractivity contribution in [1.29, 1.82) is 0 Å². The normalized spacial score (nSPS) is 24.4. The number of carboxylic acids is 1. The van der Waals surface area contributed by atoms with Gasteiger partial charge >= 0.3 is 5.97 Å². The second-order valence-corrected chi connectivity index (χ2v) is 5.91. The van der Waals surface area contributed by atoms with E-state index in [0.29, 0.717) is 29.6 Å². The first kappa shape index (κ1) is 13.7. The van der Waals surface area contributed by atoms with E-state index in [1.165, 1.54) is 0 Å². The zero-order valence-electron chi connectivity index (χ0n) is 10.1. The minimum atomic E-state index is -0.729. The molecule has 0 radical (unpaired) electrons. The highest BCUT2D eigenvalue weighted by Gasteiger charge is 2.40. The summed E-state index contributed by atoms with van der Waals surface area (Å²) in [4.78, 5) is 13.3. The van der Waals surface area contributed by atoms with Gasteiger partial charge in [-0.25, -0.2) is 0 Å². The van der Waals surface area contributed by atoms with Crippen LogP contribution in [0.3, 0.4) is 0 Å². The van der Waals surface area contributed by atoms with Crippen LogP contribution in [0.1, 0.15) is 18.9 Å². The van der Waals surface area contributed by atoms with E-state index in [-0.39, 0.29) is 0 Å². The van der Waals surface area contributed by atoms with Crippen molar-refractivity contribution in [1.82, 2.24) is 4.90 Å². The second-order valence-electron chi connectivity index (χ2n) is 5.06. The molecule has 1 aromatic rings. The van der Waals surface area contributed by atoms with Crippen molar-refractivity contribution in [2.75, 3.05) is 13.1 Å². The van der Waals surface area contributed by atoms with Crippen LogP contribution >= 0.6 is 23.2 Å². The van der Waals surface area contributed by atoms with Gasteiger partial charge in [-0.15, -0.1) is 0 Å². The molecule has 1 saturated heterocycles. The lowest BCUT2D eigenvalue weighted by molar-refractivity contribution is -0.147. The van der Waals surface area contributed by atoms with Crippen LogP contribution in [0.4, 0.5) is 0 Å². The number of hydrogen-bond acceptors (Lipinski definition) is 2. The Morgan fingerprint density at radius 3 is 2.78 bits per heavy atom. The van der Waals surface area contributed by atoms with Crippen LogP contribution in [0.25, 0.3) is 0 Å². The number of carbonyl (C=O) groups is 1. The van der Waals surface area contributed by atoms with E-state index in [2.05, 4.69) is 4.90 Å². The second kappa shape index (κ2) is 5.08. The van der Waals surface area contributed by atoms with Crippen LogP contribution < -0.4 is 0 Å². The number of hydrogen-bond donors (Lipinski definition) is 1. The summed E-state index contributed by atoms with van der Waals surface area (Å²) in [5, 5.41) is 10.4. The van der Waals surface area contributed by atoms with Crippen molar-refractivity contribution in [3.05, 3.63) is 33.8 Å². The monoisotopic (exact) mass is 287 g/mol. The van der Waals surface area contributed by atoms with Gasteiger partial charge in [0.2, 0.25) is 0 Å². The molecule has 2 rings (SSSR count). The van der Waals surface area contributed by atoms with Gasteiger partial charge in [0.25, 0.3) is 0 Å². The molecule has 0 bridgehead atoms. The van der Waals surface area contributed by atoms with Crippen molar-refractivity contribution in [2.45, 2.75) is 19.9 Å².